The van der Waals surface area contributed by atoms with Crippen molar-refractivity contribution >= 4 is 22.6 Å². The van der Waals surface area contributed by atoms with E-state index in [2.05, 4.69) is 64.6 Å². The molecule has 7 heteroatoms. The maximum absolute atomic E-state index is 12.8. The Hall–Kier alpha value is -3.74. The van der Waals surface area contributed by atoms with Crippen LogP contribution in [-0.4, -0.2) is 45.5 Å². The average molecular weight is 469 g/mol. The van der Waals surface area contributed by atoms with Crippen LogP contribution in [0.4, 0.5) is 5.82 Å². The molecular formula is C28H32N6O. The van der Waals surface area contributed by atoms with E-state index in [0.29, 0.717) is 6.54 Å². The molecule has 0 radical (unpaired) electrons. The first-order valence-corrected chi connectivity index (χ1v) is 12.4. The minimum Gasteiger partial charge on any atom is -0.356 e. The van der Waals surface area contributed by atoms with Gasteiger partial charge < -0.3 is 10.2 Å². The number of carbonyl (C=O) groups is 1. The van der Waals surface area contributed by atoms with Crippen molar-refractivity contribution < 1.29 is 4.79 Å². The van der Waals surface area contributed by atoms with Crippen LogP contribution in [0.1, 0.15) is 35.4 Å². The highest BCUT2D eigenvalue weighted by Crippen LogP contribution is 2.31. The number of nitrogens with one attached hydrogen (secondary N) is 1. The van der Waals surface area contributed by atoms with Crippen LogP contribution in [0.25, 0.3) is 16.6 Å². The lowest BCUT2D eigenvalue weighted by Gasteiger charge is -2.32. The molecule has 1 fully saturated rings. The molecule has 35 heavy (non-hydrogen) atoms. The summed E-state index contributed by atoms with van der Waals surface area (Å²) in [5.41, 5.74) is 6.39. The molecule has 1 amide bonds. The molecular weight excluding hydrogens is 436 g/mol. The Morgan fingerprint density at radius 1 is 0.971 bits per heavy atom. The van der Waals surface area contributed by atoms with Gasteiger partial charge in [0.15, 0.2) is 5.82 Å². The molecule has 180 valence electrons. The summed E-state index contributed by atoms with van der Waals surface area (Å²) >= 11 is 0. The highest BCUT2D eigenvalue weighted by atomic mass is 16.1. The zero-order valence-corrected chi connectivity index (χ0v) is 20.7. The van der Waals surface area contributed by atoms with Crippen molar-refractivity contribution in [3.05, 3.63) is 77.1 Å². The lowest BCUT2D eigenvalue weighted by Crippen LogP contribution is -2.41. The number of benzene rings is 2. The number of nitrogens with zero attached hydrogens (tertiary/aromatic N) is 5. The summed E-state index contributed by atoms with van der Waals surface area (Å²) in [6, 6.07) is 18.5. The first kappa shape index (κ1) is 23.0. The summed E-state index contributed by atoms with van der Waals surface area (Å²) in [6.07, 6.45) is 2.45. The Morgan fingerprint density at radius 2 is 1.69 bits per heavy atom. The SMILES string of the molecule is Cc1ccccc1CCNC(=O)C1CCN(c2nnc(C)c3c(C)n(-c4ccccc4)nc23)CC1. The molecule has 0 saturated carbocycles. The van der Waals surface area contributed by atoms with Gasteiger partial charge >= 0.3 is 0 Å². The summed E-state index contributed by atoms with van der Waals surface area (Å²) < 4.78 is 1.97. The van der Waals surface area contributed by atoms with E-state index in [9.17, 15) is 4.79 Å². The normalized spacial score (nSPS) is 14.4. The van der Waals surface area contributed by atoms with Crippen molar-refractivity contribution in [2.24, 2.45) is 5.92 Å². The smallest absolute Gasteiger partial charge is 0.223 e. The van der Waals surface area contributed by atoms with E-state index in [1.54, 1.807) is 0 Å². The number of hydrogen-bond donors (Lipinski definition) is 1. The Balaban J connectivity index is 1.26. The standard InChI is InChI=1S/C28H32N6O/c1-19-9-7-8-10-22(19)13-16-29-28(35)23-14-17-33(18-15-23)27-26-25(20(2)30-31-27)21(3)34(32-26)24-11-5-4-6-12-24/h4-12,23H,13-18H2,1-3H3,(H,29,35). The summed E-state index contributed by atoms with van der Waals surface area (Å²) in [7, 11) is 0. The molecule has 1 aliphatic heterocycles. The van der Waals surface area contributed by atoms with Crippen molar-refractivity contribution in [1.29, 1.82) is 0 Å². The molecule has 2 aromatic carbocycles. The number of para-hydroxylation sites is 1. The Bertz CT molecular complexity index is 1340. The van der Waals surface area contributed by atoms with Gasteiger partial charge in [-0.05, 0) is 63.3 Å². The van der Waals surface area contributed by atoms with Crippen LogP contribution in [0.5, 0.6) is 0 Å². The Labute approximate surface area is 206 Å². The largest absolute Gasteiger partial charge is 0.356 e. The lowest BCUT2D eigenvalue weighted by molar-refractivity contribution is -0.125. The number of anilines is 1. The fourth-order valence-electron chi connectivity index (χ4n) is 5.05. The minimum atomic E-state index is 0.0284. The van der Waals surface area contributed by atoms with Gasteiger partial charge in [-0.3, -0.25) is 4.79 Å². The first-order valence-electron chi connectivity index (χ1n) is 12.4. The van der Waals surface area contributed by atoms with E-state index in [0.717, 1.165) is 66.1 Å². The van der Waals surface area contributed by atoms with Crippen molar-refractivity contribution in [2.75, 3.05) is 24.5 Å². The molecule has 0 atom stereocenters. The third-order valence-electron chi connectivity index (χ3n) is 7.11. The van der Waals surface area contributed by atoms with Crippen LogP contribution >= 0.6 is 0 Å². The van der Waals surface area contributed by atoms with E-state index in [-0.39, 0.29) is 11.8 Å². The summed E-state index contributed by atoms with van der Waals surface area (Å²) in [6.45, 7) is 8.37. The number of carbonyl (C=O) groups excluding carboxylic acids is 1. The molecule has 0 aliphatic carbocycles. The maximum atomic E-state index is 12.8. The molecule has 0 spiro atoms. The predicted octanol–water partition coefficient (Wildman–Crippen LogP) is 4.32. The van der Waals surface area contributed by atoms with Crippen LogP contribution in [0, 0.1) is 26.7 Å². The molecule has 7 nitrogen and oxygen atoms in total. The van der Waals surface area contributed by atoms with Gasteiger partial charge in [0.1, 0.15) is 5.52 Å². The summed E-state index contributed by atoms with van der Waals surface area (Å²) in [5, 5.41) is 18.1. The molecule has 1 N–H and O–H groups in total. The van der Waals surface area contributed by atoms with E-state index in [1.807, 2.05) is 35.9 Å². The van der Waals surface area contributed by atoms with Crippen LogP contribution in [0.3, 0.4) is 0 Å². The van der Waals surface area contributed by atoms with Crippen LogP contribution in [0.2, 0.25) is 0 Å². The van der Waals surface area contributed by atoms with Gasteiger partial charge in [0.2, 0.25) is 5.91 Å². The number of amides is 1. The summed E-state index contributed by atoms with van der Waals surface area (Å²) in [5.74, 6) is 0.991. The quantitative estimate of drug-likeness (QED) is 0.456. The Kier molecular flexibility index (Phi) is 6.49. The third kappa shape index (κ3) is 4.63. The van der Waals surface area contributed by atoms with Crippen molar-refractivity contribution in [3.8, 4) is 5.69 Å². The second-order valence-corrected chi connectivity index (χ2v) is 9.39. The Morgan fingerprint density at radius 3 is 2.43 bits per heavy atom. The number of rotatable bonds is 6. The maximum Gasteiger partial charge on any atom is 0.223 e. The van der Waals surface area contributed by atoms with Gasteiger partial charge in [-0.1, -0.05) is 42.5 Å². The second-order valence-electron chi connectivity index (χ2n) is 9.39. The molecule has 3 heterocycles. The number of aryl methyl sites for hydroxylation is 3. The molecule has 1 saturated heterocycles. The van der Waals surface area contributed by atoms with Crippen LogP contribution < -0.4 is 10.2 Å². The van der Waals surface area contributed by atoms with Crippen LogP contribution in [-0.2, 0) is 11.2 Å². The molecule has 5 rings (SSSR count). The van der Waals surface area contributed by atoms with Crippen molar-refractivity contribution in [1.82, 2.24) is 25.3 Å². The van der Waals surface area contributed by atoms with Gasteiger partial charge in [-0.15, -0.1) is 5.10 Å². The summed E-state index contributed by atoms with van der Waals surface area (Å²) in [4.78, 5) is 15.0. The highest BCUT2D eigenvalue weighted by Gasteiger charge is 2.28. The van der Waals surface area contributed by atoms with Gasteiger partial charge in [0.05, 0.1) is 22.5 Å². The topological polar surface area (TPSA) is 75.9 Å². The number of piperidine rings is 1. The van der Waals surface area contributed by atoms with E-state index in [4.69, 9.17) is 5.10 Å². The highest BCUT2D eigenvalue weighted by molar-refractivity contribution is 5.92. The fraction of sp³-hybridized carbons (Fsp3) is 0.357. The zero-order valence-electron chi connectivity index (χ0n) is 20.7. The van der Waals surface area contributed by atoms with Crippen LogP contribution in [0.15, 0.2) is 54.6 Å². The van der Waals surface area contributed by atoms with Crippen molar-refractivity contribution in [2.45, 2.75) is 40.0 Å². The lowest BCUT2D eigenvalue weighted by atomic mass is 9.95. The zero-order chi connectivity index (χ0) is 24.4. The van der Waals surface area contributed by atoms with Crippen molar-refractivity contribution in [3.63, 3.8) is 0 Å². The average Bonchev–Trinajstić information content (AvgIpc) is 3.24. The number of fused-ring (bicyclic) bond motifs is 1. The molecule has 0 bridgehead atoms. The second kappa shape index (κ2) is 9.86. The predicted molar refractivity (Wildman–Crippen MR) is 139 cm³/mol. The molecule has 0 unspecified atom stereocenters. The monoisotopic (exact) mass is 468 g/mol. The first-order chi connectivity index (χ1) is 17.0. The minimum absolute atomic E-state index is 0.0284. The number of aromatic nitrogens is 4. The molecule has 4 aromatic rings. The third-order valence-corrected chi connectivity index (χ3v) is 7.11. The molecule has 1 aliphatic rings. The van der Waals surface area contributed by atoms with Gasteiger partial charge in [-0.25, -0.2) is 4.68 Å². The van der Waals surface area contributed by atoms with Gasteiger partial charge in [-0.2, -0.15) is 10.2 Å². The van der Waals surface area contributed by atoms with E-state index < -0.39 is 0 Å². The van der Waals surface area contributed by atoms with E-state index in [1.165, 1.54) is 11.1 Å². The fourth-order valence-corrected chi connectivity index (χ4v) is 5.05. The number of hydrogen-bond acceptors (Lipinski definition) is 5. The van der Waals surface area contributed by atoms with E-state index >= 15 is 0 Å². The molecule has 2 aromatic heterocycles. The van der Waals surface area contributed by atoms with Gasteiger partial charge in [0.25, 0.3) is 0 Å². The van der Waals surface area contributed by atoms with Gasteiger partial charge in [0, 0.05) is 25.6 Å².